The Morgan fingerprint density at radius 3 is 2.63 bits per heavy atom. The van der Waals surface area contributed by atoms with Crippen LogP contribution in [-0.2, 0) is 49.2 Å². The Hall–Kier alpha value is -2.76. The van der Waals surface area contributed by atoms with Crippen molar-refractivity contribution in [1.29, 1.82) is 0 Å². The van der Waals surface area contributed by atoms with Gasteiger partial charge in [-0.2, -0.15) is 0 Å². The third-order valence-corrected chi connectivity index (χ3v) is 7.84. The standard InChI is InChI=1S/C24H26O11/c1-11(26)29-9-23(10-30-23)14-5-15-13(8-25)4-16(32-15)19-22(3,34-19)7-17-20-24(35-20,21(28)33-17)18(6-14)31-12(2)27/h4,8,14,17-20H,5-7,9-10H2,1-3H3/t14-,17-,18+,19-,20-,22+,23?,24+/m0/s1. The molecule has 0 aliphatic carbocycles. The normalized spacial score (nSPS) is 42.7. The predicted molar refractivity (Wildman–Crippen MR) is 111 cm³/mol. The summed E-state index contributed by atoms with van der Waals surface area (Å²) in [4.78, 5) is 48.5. The number of furan rings is 1. The first-order valence-corrected chi connectivity index (χ1v) is 11.7. The molecule has 1 aromatic heterocycles. The van der Waals surface area contributed by atoms with Crippen LogP contribution in [0.1, 0.15) is 61.6 Å². The van der Waals surface area contributed by atoms with E-state index in [-0.39, 0.29) is 26.1 Å². The summed E-state index contributed by atoms with van der Waals surface area (Å²) in [6.07, 6.45) is -1.09. The molecule has 0 spiro atoms. The maximum Gasteiger partial charge on any atom is 0.345 e. The third kappa shape index (κ3) is 3.51. The Kier molecular flexibility index (Phi) is 4.78. The molecule has 4 saturated heterocycles. The zero-order valence-electron chi connectivity index (χ0n) is 19.6. The summed E-state index contributed by atoms with van der Waals surface area (Å²) in [5, 5.41) is 0. The van der Waals surface area contributed by atoms with Crippen LogP contribution in [0.25, 0.3) is 0 Å². The molecule has 11 heteroatoms. The van der Waals surface area contributed by atoms with Crippen LogP contribution >= 0.6 is 0 Å². The number of epoxide rings is 3. The van der Waals surface area contributed by atoms with Crippen molar-refractivity contribution in [2.75, 3.05) is 13.2 Å². The molecule has 6 heterocycles. The molecule has 188 valence electrons. The molecule has 0 radical (unpaired) electrons. The lowest BCUT2D eigenvalue weighted by molar-refractivity contribution is -0.166. The van der Waals surface area contributed by atoms with Gasteiger partial charge in [0, 0.05) is 32.6 Å². The van der Waals surface area contributed by atoms with E-state index < -0.39 is 65.0 Å². The summed E-state index contributed by atoms with van der Waals surface area (Å²) < 4.78 is 40.3. The quantitative estimate of drug-likeness (QED) is 0.254. The Bertz CT molecular complexity index is 1120. The van der Waals surface area contributed by atoms with Crippen molar-refractivity contribution in [2.24, 2.45) is 5.92 Å². The molecule has 5 aliphatic rings. The Morgan fingerprint density at radius 1 is 1.23 bits per heavy atom. The fourth-order valence-electron chi connectivity index (χ4n) is 5.76. The Labute approximate surface area is 200 Å². The Balaban J connectivity index is 1.41. The molecule has 4 fully saturated rings. The van der Waals surface area contributed by atoms with Gasteiger partial charge in [-0.05, 0) is 19.4 Å². The average molecular weight is 490 g/mol. The molecular weight excluding hydrogens is 464 g/mol. The summed E-state index contributed by atoms with van der Waals surface area (Å²) in [6.45, 7) is 4.70. The van der Waals surface area contributed by atoms with Gasteiger partial charge >= 0.3 is 17.9 Å². The lowest BCUT2D eigenvalue weighted by Crippen LogP contribution is -2.45. The van der Waals surface area contributed by atoms with Gasteiger partial charge in [-0.1, -0.05) is 0 Å². The molecule has 1 unspecified atom stereocenters. The number of aldehydes is 1. The van der Waals surface area contributed by atoms with Crippen LogP contribution in [0.4, 0.5) is 0 Å². The van der Waals surface area contributed by atoms with E-state index in [4.69, 9.17) is 32.8 Å². The molecule has 0 N–H and O–H groups in total. The lowest BCUT2D eigenvalue weighted by Gasteiger charge is -2.29. The van der Waals surface area contributed by atoms with E-state index >= 15 is 0 Å². The van der Waals surface area contributed by atoms with Crippen molar-refractivity contribution >= 4 is 24.2 Å². The van der Waals surface area contributed by atoms with E-state index in [0.29, 0.717) is 23.5 Å². The predicted octanol–water partition coefficient (Wildman–Crippen LogP) is 1.20. The lowest BCUT2D eigenvalue weighted by atomic mass is 9.80. The second kappa shape index (κ2) is 7.37. The van der Waals surface area contributed by atoms with Crippen molar-refractivity contribution in [3.63, 3.8) is 0 Å². The number of rotatable bonds is 5. The minimum atomic E-state index is -1.41. The van der Waals surface area contributed by atoms with Gasteiger partial charge in [0.15, 0.2) is 6.29 Å². The van der Waals surface area contributed by atoms with Gasteiger partial charge in [0.1, 0.15) is 53.7 Å². The van der Waals surface area contributed by atoms with Gasteiger partial charge in [0.25, 0.3) is 0 Å². The van der Waals surface area contributed by atoms with Gasteiger partial charge in [-0.3, -0.25) is 14.4 Å². The number of esters is 3. The van der Waals surface area contributed by atoms with Crippen molar-refractivity contribution in [3.8, 4) is 0 Å². The minimum absolute atomic E-state index is 0.0298. The first kappa shape index (κ1) is 22.7. The molecular formula is C24H26O11. The topological polar surface area (TPSA) is 147 Å². The number of carbonyl (C=O) groups is 4. The number of fused-ring (bicyclic) bond motifs is 4. The van der Waals surface area contributed by atoms with E-state index in [2.05, 4.69) is 0 Å². The van der Waals surface area contributed by atoms with Crippen LogP contribution in [-0.4, -0.2) is 72.5 Å². The molecule has 0 aromatic carbocycles. The van der Waals surface area contributed by atoms with E-state index in [1.807, 2.05) is 6.92 Å². The van der Waals surface area contributed by atoms with Gasteiger partial charge in [-0.15, -0.1) is 0 Å². The molecule has 11 nitrogen and oxygen atoms in total. The second-order valence-electron chi connectivity index (χ2n) is 10.3. The molecule has 0 amide bonds. The van der Waals surface area contributed by atoms with Crippen LogP contribution in [0.15, 0.2) is 10.5 Å². The first-order chi connectivity index (χ1) is 16.6. The van der Waals surface area contributed by atoms with Crippen LogP contribution in [0, 0.1) is 5.92 Å². The summed E-state index contributed by atoms with van der Waals surface area (Å²) in [6, 6.07) is 1.66. The first-order valence-electron chi connectivity index (χ1n) is 11.7. The average Bonchev–Trinajstić information content (AvgIpc) is 3.72. The van der Waals surface area contributed by atoms with Gasteiger partial charge in [0.2, 0.25) is 5.60 Å². The summed E-state index contributed by atoms with van der Waals surface area (Å²) in [7, 11) is 0. The van der Waals surface area contributed by atoms with Crippen LogP contribution in [0.3, 0.4) is 0 Å². The summed E-state index contributed by atoms with van der Waals surface area (Å²) >= 11 is 0. The zero-order chi connectivity index (χ0) is 24.8. The van der Waals surface area contributed by atoms with Crippen LogP contribution in [0.5, 0.6) is 0 Å². The fourth-order valence-corrected chi connectivity index (χ4v) is 5.76. The van der Waals surface area contributed by atoms with Crippen LogP contribution < -0.4 is 0 Å². The molecule has 4 bridgehead atoms. The maximum absolute atomic E-state index is 13.1. The number of ether oxygens (including phenoxy) is 6. The van der Waals surface area contributed by atoms with E-state index in [0.717, 1.165) is 6.29 Å². The molecule has 35 heavy (non-hydrogen) atoms. The SMILES string of the molecule is CC(=O)OCC1([C@H]2Cc3oc(cc3C=O)[C@@H]3O[C@]3(C)C[C@@H]3OC(=O)[C@@]4(O[C@@H]34)[C@H](OC(C)=O)C2)CO1. The summed E-state index contributed by atoms with van der Waals surface area (Å²) in [5.41, 5.74) is -2.59. The highest BCUT2D eigenvalue weighted by Crippen LogP contribution is 2.59. The van der Waals surface area contributed by atoms with E-state index in [9.17, 15) is 19.2 Å². The van der Waals surface area contributed by atoms with Gasteiger partial charge < -0.3 is 32.8 Å². The highest BCUT2D eigenvalue weighted by molar-refractivity contribution is 5.88. The van der Waals surface area contributed by atoms with Crippen molar-refractivity contribution in [3.05, 3.63) is 23.2 Å². The number of hydrogen-bond acceptors (Lipinski definition) is 11. The maximum atomic E-state index is 13.1. The monoisotopic (exact) mass is 490 g/mol. The van der Waals surface area contributed by atoms with Crippen molar-refractivity contribution in [2.45, 2.75) is 81.3 Å². The highest BCUT2D eigenvalue weighted by Gasteiger charge is 2.79. The van der Waals surface area contributed by atoms with Crippen molar-refractivity contribution in [1.82, 2.24) is 0 Å². The Morgan fingerprint density at radius 2 is 2.00 bits per heavy atom. The number of carbonyl (C=O) groups excluding carboxylic acids is 4. The van der Waals surface area contributed by atoms with Crippen LogP contribution in [0.2, 0.25) is 0 Å². The van der Waals surface area contributed by atoms with Crippen molar-refractivity contribution < 1.29 is 52.0 Å². The fraction of sp³-hybridized carbons (Fsp3) is 0.667. The van der Waals surface area contributed by atoms with E-state index in [1.54, 1.807) is 6.07 Å². The zero-order valence-corrected chi connectivity index (χ0v) is 19.6. The summed E-state index contributed by atoms with van der Waals surface area (Å²) in [5.74, 6) is -1.12. The molecule has 1 aromatic rings. The highest BCUT2D eigenvalue weighted by atomic mass is 16.7. The third-order valence-electron chi connectivity index (χ3n) is 7.84. The van der Waals surface area contributed by atoms with E-state index in [1.165, 1.54) is 13.8 Å². The molecule has 0 saturated carbocycles. The van der Waals surface area contributed by atoms with Gasteiger partial charge in [-0.25, -0.2) is 4.79 Å². The second-order valence-corrected chi connectivity index (χ2v) is 10.3. The smallest absolute Gasteiger partial charge is 0.345 e. The van der Waals surface area contributed by atoms with Gasteiger partial charge in [0.05, 0.1) is 12.2 Å². The largest absolute Gasteiger partial charge is 0.463 e. The number of hydrogen-bond donors (Lipinski definition) is 0. The molecule has 6 rings (SSSR count). The molecule has 8 atom stereocenters. The molecule has 5 aliphatic heterocycles. The minimum Gasteiger partial charge on any atom is -0.463 e.